The molecule has 0 bridgehead atoms. The average molecular weight is 1130 g/mol. The maximum Gasteiger partial charge on any atom is 0.353 e. The van der Waals surface area contributed by atoms with Gasteiger partial charge in [-0.1, -0.05) is 27.7 Å². The molecule has 4 amide bonds. The highest BCUT2D eigenvalue weighted by atomic mass is 32.2. The molecule has 0 spiro atoms. The lowest BCUT2D eigenvalue weighted by Gasteiger charge is -2.47. The number of likely N-dealkylation sites (tertiary alicyclic amines) is 1. The molecule has 11 rings (SSSR count). The number of rotatable bonds is 19. The second kappa shape index (κ2) is 22.8. The van der Waals surface area contributed by atoms with Gasteiger partial charge in [-0.3, -0.25) is 28.8 Å². The lowest BCUT2D eigenvalue weighted by atomic mass is 9.73. The number of aromatic nitrogens is 10. The van der Waals surface area contributed by atoms with Gasteiger partial charge in [0.05, 0.1) is 54.4 Å². The van der Waals surface area contributed by atoms with Crippen LogP contribution in [0, 0.1) is 41.4 Å². The molecule has 5 saturated heterocycles. The highest BCUT2D eigenvalue weighted by Crippen LogP contribution is 2.55. The standard InChI is InChI=1S/C25H32N10O5S.C24H34N8O5S/c1-12(5-15(36)10-33-11-29-30-31-33)18-19-13(2)21(20(24(39)40)35(19)23(18)38)41-16-6-17(27-8-16)22(37)32-3-4-34-14(9-32)7-28-25(34)26;1-12(5-15(33)10-31-11-27-28-29-31)18-19-13(2)21(20(24(36)37)32(19)23(18)35)38-16-6-17(26-8-16)22(34)30-4-3-14(7-25)9-30/h7,11-13,16-19,27H,3-6,8-10H2,1-2H3,(H2,26,28)(H,39,40);11-14,16-19,26H,3-10,25H2,1-2H3,(H,36,37)/t12-,13+,16-,17?,18+,19+;12-,13+,14+,16?,17?,18+,19+/m00/s1. The molecule has 28 nitrogen and oxygen atoms in total. The second-order valence-electron chi connectivity index (χ2n) is 22.1. The third-order valence-electron chi connectivity index (χ3n) is 16.9. The number of carboxylic acids is 2. The number of imidazole rings is 1. The Hall–Kier alpha value is -6.63. The molecule has 3 aromatic rings. The number of nitrogen functional groups attached to an aromatic ring is 1. The summed E-state index contributed by atoms with van der Waals surface area (Å²) < 4.78 is 4.59. The number of Topliss-reactive ketones (excluding diaryl/α,β-unsaturated/α-hetero) is 2. The van der Waals surface area contributed by atoms with Crippen molar-refractivity contribution < 1.29 is 48.6 Å². The van der Waals surface area contributed by atoms with Gasteiger partial charge in [0.15, 0.2) is 17.5 Å². The number of carboxylic acid groups (broad SMARTS) is 2. The third kappa shape index (κ3) is 10.8. The zero-order valence-electron chi connectivity index (χ0n) is 44.2. The van der Waals surface area contributed by atoms with Crippen LogP contribution in [0.5, 0.6) is 0 Å². The van der Waals surface area contributed by atoms with E-state index in [0.717, 1.165) is 18.7 Å². The number of aliphatic carboxylic acids is 2. The van der Waals surface area contributed by atoms with Gasteiger partial charge in [0.25, 0.3) is 0 Å². The van der Waals surface area contributed by atoms with Crippen LogP contribution in [-0.2, 0) is 64.5 Å². The van der Waals surface area contributed by atoms with Crippen molar-refractivity contribution in [1.29, 1.82) is 0 Å². The number of carbonyl (C=O) groups is 8. The first-order valence-corrected chi connectivity index (χ1v) is 28.5. The molecule has 3 aromatic heterocycles. The predicted molar refractivity (Wildman–Crippen MR) is 280 cm³/mol. The minimum absolute atomic E-state index is 0.00487. The normalized spacial score (nSPS) is 29.7. The third-order valence-corrected chi connectivity index (χ3v) is 19.9. The van der Waals surface area contributed by atoms with Gasteiger partial charge >= 0.3 is 11.9 Å². The Bertz CT molecular complexity index is 2950. The van der Waals surface area contributed by atoms with Crippen LogP contribution in [0.3, 0.4) is 0 Å². The summed E-state index contributed by atoms with van der Waals surface area (Å²) >= 11 is 2.91. The predicted octanol–water partition coefficient (Wildman–Crippen LogP) is -1.36. The van der Waals surface area contributed by atoms with E-state index in [2.05, 4.69) is 46.7 Å². The first-order chi connectivity index (χ1) is 37.8. The zero-order valence-corrected chi connectivity index (χ0v) is 45.9. The zero-order chi connectivity index (χ0) is 56.1. The van der Waals surface area contributed by atoms with Gasteiger partial charge in [0.2, 0.25) is 23.6 Å². The fourth-order valence-electron chi connectivity index (χ4n) is 13.0. The first kappa shape index (κ1) is 55.7. The van der Waals surface area contributed by atoms with E-state index >= 15 is 0 Å². The Kier molecular flexibility index (Phi) is 16.1. The van der Waals surface area contributed by atoms with Gasteiger partial charge < -0.3 is 56.5 Å². The van der Waals surface area contributed by atoms with Gasteiger partial charge in [-0.25, -0.2) is 23.9 Å². The van der Waals surface area contributed by atoms with E-state index in [9.17, 15) is 48.6 Å². The van der Waals surface area contributed by atoms with Crippen LogP contribution in [0.25, 0.3) is 0 Å². The van der Waals surface area contributed by atoms with Crippen molar-refractivity contribution in [2.45, 2.75) is 121 Å². The summed E-state index contributed by atoms with van der Waals surface area (Å²) in [6.45, 7) is 12.4. The van der Waals surface area contributed by atoms with Crippen LogP contribution in [0.15, 0.2) is 40.1 Å². The van der Waals surface area contributed by atoms with E-state index in [1.807, 2.05) is 37.2 Å². The van der Waals surface area contributed by atoms with Crippen molar-refractivity contribution in [3.63, 3.8) is 0 Å². The average Bonchev–Trinajstić information content (AvgIpc) is 3.27. The fraction of sp³-hybridized carbons (Fsp3) is 0.653. The number of ketones is 2. The topological polar surface area (TPSA) is 371 Å². The fourth-order valence-corrected chi connectivity index (χ4v) is 15.9. The number of nitrogens with one attached hydrogen (secondary N) is 2. The van der Waals surface area contributed by atoms with Crippen molar-refractivity contribution >= 4 is 76.6 Å². The second-order valence-corrected chi connectivity index (χ2v) is 24.8. The maximum absolute atomic E-state index is 13.3. The minimum Gasteiger partial charge on any atom is -0.477 e. The molecule has 0 aromatic carbocycles. The molecule has 8 aliphatic heterocycles. The molecular weight excluding hydrogens is 1060 g/mol. The van der Waals surface area contributed by atoms with E-state index in [-0.39, 0.29) is 131 Å². The van der Waals surface area contributed by atoms with Crippen molar-refractivity contribution in [3.8, 4) is 0 Å². The van der Waals surface area contributed by atoms with Crippen LogP contribution >= 0.6 is 23.5 Å². The summed E-state index contributed by atoms with van der Waals surface area (Å²) in [7, 11) is 0. The number of β-lactam (4-membered cyclic amide) rings is 2. The van der Waals surface area contributed by atoms with Gasteiger partial charge in [0, 0.05) is 84.3 Å². The van der Waals surface area contributed by atoms with Crippen LogP contribution < -0.4 is 22.1 Å². The molecule has 5 fully saturated rings. The number of tetrazole rings is 2. The molecule has 8 N–H and O–H groups in total. The Morgan fingerprint density at radius 1 is 0.734 bits per heavy atom. The molecule has 0 saturated carbocycles. The molecule has 0 radical (unpaired) electrons. The maximum atomic E-state index is 13.3. The number of amides is 4. The Labute approximate surface area is 462 Å². The summed E-state index contributed by atoms with van der Waals surface area (Å²) in [5.74, 6) is -3.86. The molecule has 13 atom stereocenters. The number of nitrogens with two attached hydrogens (primary N) is 2. The first-order valence-electron chi connectivity index (χ1n) is 26.8. The van der Waals surface area contributed by atoms with E-state index in [1.54, 1.807) is 11.1 Å². The van der Waals surface area contributed by atoms with Gasteiger partial charge in [-0.2, -0.15) is 0 Å². The Morgan fingerprint density at radius 2 is 1.23 bits per heavy atom. The summed E-state index contributed by atoms with van der Waals surface area (Å²) in [4.78, 5) is 114. The van der Waals surface area contributed by atoms with Gasteiger partial charge in [-0.05, 0) is 64.4 Å². The monoisotopic (exact) mass is 1130 g/mol. The largest absolute Gasteiger partial charge is 0.477 e. The number of thioether (sulfide) groups is 2. The summed E-state index contributed by atoms with van der Waals surface area (Å²) in [6, 6.07) is -1.28. The molecular formula is C49H66N18O10S2. The lowest BCUT2D eigenvalue weighted by Crippen LogP contribution is -2.62. The smallest absolute Gasteiger partial charge is 0.353 e. The number of fused-ring (bicyclic) bond motifs is 3. The summed E-state index contributed by atoms with van der Waals surface area (Å²) in [5, 5.41) is 48.3. The van der Waals surface area contributed by atoms with Crippen molar-refractivity contribution in [1.82, 2.24) is 80.2 Å². The molecule has 11 heterocycles. The van der Waals surface area contributed by atoms with Gasteiger partial charge in [-0.15, -0.1) is 33.7 Å². The van der Waals surface area contributed by atoms with Crippen LogP contribution in [0.2, 0.25) is 0 Å². The number of hydrogen-bond donors (Lipinski definition) is 6. The van der Waals surface area contributed by atoms with Gasteiger partial charge in [0.1, 0.15) is 37.1 Å². The van der Waals surface area contributed by atoms with Crippen molar-refractivity contribution in [2.24, 2.45) is 47.2 Å². The van der Waals surface area contributed by atoms with Crippen LogP contribution in [0.4, 0.5) is 5.95 Å². The number of hydrogen-bond acceptors (Lipinski definition) is 21. The molecule has 8 aliphatic rings. The minimum atomic E-state index is -1.14. The Morgan fingerprint density at radius 3 is 1.67 bits per heavy atom. The number of nitrogens with zero attached hydrogens (tertiary/aromatic N) is 14. The molecule has 3 unspecified atom stereocenters. The van der Waals surface area contributed by atoms with Crippen LogP contribution in [0.1, 0.15) is 65.5 Å². The molecule has 30 heteroatoms. The quantitative estimate of drug-likeness (QED) is 0.0755. The van der Waals surface area contributed by atoms with E-state index in [0.29, 0.717) is 80.3 Å². The Balaban J connectivity index is 0.000000179. The number of carbonyl (C=O) groups excluding carboxylic acids is 6. The summed E-state index contributed by atoms with van der Waals surface area (Å²) in [6.07, 6.45) is 6.83. The highest BCUT2D eigenvalue weighted by Gasteiger charge is 2.62. The SMILES string of the molecule is C[C@@H](CC(=O)Cn1cnnn1)[C@H]1C(=O)N2C(C(=O)O)=C(SC3CNC(C(=O)N4CC[C@H](CN)C4)C3)[C@H](C)[C@H]12.C[C@@H](CC(=O)Cn1cnnn1)[C@H]1C(=O)N2C(C(=O)O)=C(S[C@@H]3CNC(C(=O)N4CCn5c(cnc5N)C4)C3)[C@H](C)[C@H]12. The lowest BCUT2D eigenvalue weighted by molar-refractivity contribution is -0.160. The van der Waals surface area contributed by atoms with Crippen LogP contribution in [-0.4, -0.2) is 201 Å². The van der Waals surface area contributed by atoms with E-state index in [4.69, 9.17) is 11.5 Å². The molecule has 0 aliphatic carbocycles. The van der Waals surface area contributed by atoms with E-state index < -0.39 is 23.8 Å². The van der Waals surface area contributed by atoms with Crippen molar-refractivity contribution in [2.75, 3.05) is 45.0 Å². The molecule has 79 heavy (non-hydrogen) atoms. The summed E-state index contributed by atoms with van der Waals surface area (Å²) in [5.41, 5.74) is 12.6. The number of anilines is 1. The highest BCUT2D eigenvalue weighted by molar-refractivity contribution is 8.04. The molecule has 424 valence electrons. The van der Waals surface area contributed by atoms with Crippen molar-refractivity contribution in [3.05, 3.63) is 45.7 Å². The van der Waals surface area contributed by atoms with E-state index in [1.165, 1.54) is 55.3 Å².